The van der Waals surface area contributed by atoms with Crippen molar-refractivity contribution in [3.05, 3.63) is 84.4 Å². The van der Waals surface area contributed by atoms with Gasteiger partial charge < -0.3 is 10.1 Å². The molecule has 4 rings (SSSR count). The molecule has 0 bridgehead atoms. The summed E-state index contributed by atoms with van der Waals surface area (Å²) in [6, 6.07) is 25.1. The lowest BCUT2D eigenvalue weighted by molar-refractivity contribution is -0.132. The number of carbonyl (C=O) groups is 2. The van der Waals surface area contributed by atoms with Gasteiger partial charge in [-0.05, 0) is 36.8 Å². The molecule has 0 aliphatic heterocycles. The second-order valence-corrected chi connectivity index (χ2v) is 8.46. The number of ether oxygens (including phenoxy) is 1. The van der Waals surface area contributed by atoms with Crippen LogP contribution >= 0.6 is 0 Å². The van der Waals surface area contributed by atoms with E-state index in [1.54, 1.807) is 4.68 Å². The van der Waals surface area contributed by atoms with Crippen LogP contribution in [-0.2, 0) is 9.59 Å². The number of hydrogen-bond acceptors (Lipinski definition) is 4. The first-order valence-electron chi connectivity index (χ1n) is 11.2. The minimum absolute atomic E-state index is 0.0504. The number of hydrogen-bond donors (Lipinski definition) is 1. The maximum Gasteiger partial charge on any atom is 0.309 e. The maximum atomic E-state index is 12.1. The maximum absolute atomic E-state index is 12.1. The van der Waals surface area contributed by atoms with E-state index < -0.39 is 5.97 Å². The lowest BCUT2D eigenvalue weighted by Gasteiger charge is -2.11. The molecule has 0 aliphatic carbocycles. The number of benzene rings is 3. The Morgan fingerprint density at radius 2 is 1.50 bits per heavy atom. The quantitative estimate of drug-likeness (QED) is 0.362. The zero-order chi connectivity index (χ0) is 24.2. The molecule has 0 radical (unpaired) electrons. The molecule has 0 aliphatic rings. The van der Waals surface area contributed by atoms with Crippen molar-refractivity contribution in [3.63, 3.8) is 0 Å². The predicted molar refractivity (Wildman–Crippen MR) is 134 cm³/mol. The molecule has 0 saturated carbocycles. The number of carbonyl (C=O) groups excluding carboxylic acids is 2. The van der Waals surface area contributed by atoms with E-state index in [1.807, 2.05) is 99.6 Å². The molecule has 0 saturated heterocycles. The van der Waals surface area contributed by atoms with E-state index in [9.17, 15) is 9.59 Å². The van der Waals surface area contributed by atoms with Crippen molar-refractivity contribution >= 4 is 17.6 Å². The van der Waals surface area contributed by atoms with Crippen LogP contribution in [0, 0.1) is 12.8 Å². The Kier molecular flexibility index (Phi) is 6.59. The Bertz CT molecular complexity index is 1310. The van der Waals surface area contributed by atoms with Crippen LogP contribution in [0.1, 0.15) is 26.3 Å². The van der Waals surface area contributed by atoms with Crippen molar-refractivity contribution in [1.29, 1.82) is 0 Å². The summed E-state index contributed by atoms with van der Waals surface area (Å²) in [4.78, 5) is 24.2. The van der Waals surface area contributed by atoms with Crippen molar-refractivity contribution in [2.45, 2.75) is 27.7 Å². The highest BCUT2D eigenvalue weighted by Gasteiger charge is 2.24. The third-order valence-electron chi connectivity index (χ3n) is 5.37. The molecule has 6 heteroatoms. The first kappa shape index (κ1) is 23.0. The summed E-state index contributed by atoms with van der Waals surface area (Å²) >= 11 is 0. The second kappa shape index (κ2) is 9.75. The van der Waals surface area contributed by atoms with Crippen molar-refractivity contribution in [1.82, 2.24) is 9.78 Å². The monoisotopic (exact) mass is 453 g/mol. The Hall–Kier alpha value is -4.19. The van der Waals surface area contributed by atoms with Gasteiger partial charge in [0.2, 0.25) is 11.8 Å². The largest absolute Gasteiger partial charge is 0.407 e. The van der Waals surface area contributed by atoms with Crippen molar-refractivity contribution < 1.29 is 14.3 Å². The average molecular weight is 454 g/mol. The number of aromatic nitrogens is 2. The summed E-state index contributed by atoms with van der Waals surface area (Å²) < 4.78 is 7.38. The van der Waals surface area contributed by atoms with Crippen LogP contribution in [0.3, 0.4) is 0 Å². The molecule has 1 amide bonds. The number of aryl methyl sites for hydroxylation is 1. The van der Waals surface area contributed by atoms with E-state index in [1.165, 1.54) is 6.92 Å². The number of nitrogens with one attached hydrogen (secondary N) is 1. The van der Waals surface area contributed by atoms with Crippen LogP contribution in [0.2, 0.25) is 0 Å². The topological polar surface area (TPSA) is 73.2 Å². The predicted octanol–water partition coefficient (Wildman–Crippen LogP) is 6.03. The molecule has 3 aromatic carbocycles. The van der Waals surface area contributed by atoms with Gasteiger partial charge in [0.25, 0.3) is 0 Å². The lowest BCUT2D eigenvalue weighted by Crippen LogP contribution is -2.17. The minimum Gasteiger partial charge on any atom is -0.407 e. The molecule has 1 aromatic heterocycles. The number of para-hydroxylation sites is 1. The number of rotatable bonds is 6. The number of amides is 1. The summed E-state index contributed by atoms with van der Waals surface area (Å²) in [6.45, 7) is 7.10. The van der Waals surface area contributed by atoms with Gasteiger partial charge in [0.1, 0.15) is 5.69 Å². The van der Waals surface area contributed by atoms with Crippen LogP contribution in [0.5, 0.6) is 5.88 Å². The third-order valence-corrected chi connectivity index (χ3v) is 5.37. The van der Waals surface area contributed by atoms with Gasteiger partial charge in [0.15, 0.2) is 0 Å². The molecule has 0 unspecified atom stereocenters. The van der Waals surface area contributed by atoms with Crippen LogP contribution in [-0.4, -0.2) is 21.7 Å². The van der Waals surface area contributed by atoms with Crippen molar-refractivity contribution in [3.8, 4) is 34.0 Å². The lowest BCUT2D eigenvalue weighted by atomic mass is 10.00. The standard InChI is InChI=1S/C28H27N3O3/c1-18(2)27(33)29-23-16-14-21(15-17-23)25-26(22-12-10-19(3)11-13-22)30-31(28(25)34-20(4)32)24-8-6-5-7-9-24/h5-18H,1-4H3,(H,29,33). The average Bonchev–Trinajstić information content (AvgIpc) is 3.19. The highest BCUT2D eigenvalue weighted by atomic mass is 16.5. The van der Waals surface area contributed by atoms with Gasteiger partial charge in [0, 0.05) is 24.1 Å². The van der Waals surface area contributed by atoms with Crippen LogP contribution < -0.4 is 10.1 Å². The van der Waals surface area contributed by atoms with Gasteiger partial charge in [-0.25, -0.2) is 0 Å². The van der Waals surface area contributed by atoms with E-state index in [4.69, 9.17) is 9.84 Å². The van der Waals surface area contributed by atoms with E-state index in [-0.39, 0.29) is 11.8 Å². The summed E-state index contributed by atoms with van der Waals surface area (Å²) in [5.74, 6) is -0.263. The Balaban J connectivity index is 1.90. The molecule has 0 spiro atoms. The molecule has 1 heterocycles. The molecule has 172 valence electrons. The van der Waals surface area contributed by atoms with Crippen LogP contribution in [0.25, 0.3) is 28.1 Å². The van der Waals surface area contributed by atoms with Crippen LogP contribution in [0.4, 0.5) is 5.69 Å². The van der Waals surface area contributed by atoms with Crippen molar-refractivity contribution in [2.24, 2.45) is 5.92 Å². The molecular weight excluding hydrogens is 426 g/mol. The minimum atomic E-state index is -0.436. The fraction of sp³-hybridized carbons (Fsp3) is 0.179. The van der Waals surface area contributed by atoms with E-state index >= 15 is 0 Å². The SMILES string of the molecule is CC(=O)Oc1c(-c2ccc(NC(=O)C(C)C)cc2)c(-c2ccc(C)cc2)nn1-c1ccccc1. The van der Waals surface area contributed by atoms with E-state index in [2.05, 4.69) is 5.32 Å². The normalized spacial score (nSPS) is 10.9. The molecule has 1 N–H and O–H groups in total. The molecule has 34 heavy (non-hydrogen) atoms. The van der Waals surface area contributed by atoms with Gasteiger partial charge in [-0.1, -0.05) is 74.0 Å². The highest BCUT2D eigenvalue weighted by Crippen LogP contribution is 2.41. The van der Waals surface area contributed by atoms with Crippen LogP contribution in [0.15, 0.2) is 78.9 Å². The van der Waals surface area contributed by atoms with Crippen molar-refractivity contribution in [2.75, 3.05) is 5.32 Å². The summed E-state index contributed by atoms with van der Waals surface area (Å²) in [7, 11) is 0. The van der Waals surface area contributed by atoms with Gasteiger partial charge in [-0.3, -0.25) is 9.59 Å². The number of esters is 1. The van der Waals surface area contributed by atoms with E-state index in [0.29, 0.717) is 22.8 Å². The zero-order valence-corrected chi connectivity index (χ0v) is 19.7. The zero-order valence-electron chi connectivity index (χ0n) is 19.7. The Morgan fingerprint density at radius 3 is 2.09 bits per heavy atom. The molecule has 6 nitrogen and oxygen atoms in total. The van der Waals surface area contributed by atoms with Gasteiger partial charge in [-0.15, -0.1) is 0 Å². The molecule has 0 atom stereocenters. The second-order valence-electron chi connectivity index (χ2n) is 8.46. The van der Waals surface area contributed by atoms with Gasteiger partial charge in [0.05, 0.1) is 11.3 Å². The first-order chi connectivity index (χ1) is 16.3. The van der Waals surface area contributed by atoms with Gasteiger partial charge in [-0.2, -0.15) is 9.78 Å². The summed E-state index contributed by atoms with van der Waals surface area (Å²) in [6.07, 6.45) is 0. The number of nitrogens with zero attached hydrogens (tertiary/aromatic N) is 2. The Labute approximate surface area is 199 Å². The number of anilines is 1. The fourth-order valence-corrected chi connectivity index (χ4v) is 3.56. The molecule has 0 fully saturated rings. The summed E-state index contributed by atoms with van der Waals surface area (Å²) in [5.41, 5.74) is 5.72. The smallest absolute Gasteiger partial charge is 0.309 e. The first-order valence-corrected chi connectivity index (χ1v) is 11.2. The fourth-order valence-electron chi connectivity index (χ4n) is 3.56. The Morgan fingerprint density at radius 1 is 0.882 bits per heavy atom. The van der Waals surface area contributed by atoms with Gasteiger partial charge >= 0.3 is 5.97 Å². The van der Waals surface area contributed by atoms with E-state index in [0.717, 1.165) is 22.4 Å². The molecule has 4 aromatic rings. The highest BCUT2D eigenvalue weighted by molar-refractivity contribution is 5.93. The molecular formula is C28H27N3O3. The summed E-state index contributed by atoms with van der Waals surface area (Å²) in [5, 5.41) is 7.78. The third kappa shape index (κ3) is 4.91.